The molecule has 1 fully saturated rings. The molecule has 0 saturated carbocycles. The molecule has 25 heavy (non-hydrogen) atoms. The summed E-state index contributed by atoms with van der Waals surface area (Å²) in [6, 6.07) is 9.17. The van der Waals surface area contributed by atoms with E-state index in [0.29, 0.717) is 24.2 Å². The topological polar surface area (TPSA) is 62.3 Å². The molecule has 2 atom stereocenters. The Kier molecular flexibility index (Phi) is 4.79. The summed E-state index contributed by atoms with van der Waals surface area (Å²) in [6.07, 6.45) is 2.39. The smallest absolute Gasteiger partial charge is 0.231 e. The third kappa shape index (κ3) is 3.68. The van der Waals surface area contributed by atoms with E-state index in [2.05, 4.69) is 10.3 Å². The number of benzene rings is 1. The van der Waals surface area contributed by atoms with Crippen LogP contribution in [0.1, 0.15) is 30.0 Å². The SMILES string of the molecule is Cc1ccc(NC(=O)[C@H]2CCC(=O)N(C)[C@H]2c2cccc(F)c2)nc1. The molecular weight excluding hydrogens is 321 g/mol. The van der Waals surface area contributed by atoms with Crippen LogP contribution >= 0.6 is 0 Å². The van der Waals surface area contributed by atoms with Gasteiger partial charge in [-0.2, -0.15) is 0 Å². The minimum absolute atomic E-state index is 0.0493. The van der Waals surface area contributed by atoms with Gasteiger partial charge in [-0.25, -0.2) is 9.37 Å². The van der Waals surface area contributed by atoms with Gasteiger partial charge in [0.05, 0.1) is 12.0 Å². The van der Waals surface area contributed by atoms with Gasteiger partial charge < -0.3 is 10.2 Å². The van der Waals surface area contributed by atoms with E-state index in [1.807, 2.05) is 13.0 Å². The van der Waals surface area contributed by atoms with Gasteiger partial charge in [0, 0.05) is 19.7 Å². The second-order valence-electron chi connectivity index (χ2n) is 6.36. The highest BCUT2D eigenvalue weighted by Crippen LogP contribution is 2.36. The molecule has 1 aliphatic rings. The number of aromatic nitrogens is 1. The molecule has 0 radical (unpaired) electrons. The molecule has 1 aliphatic heterocycles. The van der Waals surface area contributed by atoms with Gasteiger partial charge in [0.1, 0.15) is 11.6 Å². The van der Waals surface area contributed by atoms with E-state index in [1.54, 1.807) is 31.4 Å². The molecule has 0 bridgehead atoms. The fraction of sp³-hybridized carbons (Fsp3) is 0.316. The zero-order valence-corrected chi connectivity index (χ0v) is 14.2. The van der Waals surface area contributed by atoms with Crippen molar-refractivity contribution in [2.24, 2.45) is 5.92 Å². The maximum absolute atomic E-state index is 13.6. The minimum Gasteiger partial charge on any atom is -0.338 e. The molecule has 0 spiro atoms. The van der Waals surface area contributed by atoms with Gasteiger partial charge in [-0.05, 0) is 42.7 Å². The standard InChI is InChI=1S/C19H20FN3O2/c1-12-6-8-16(21-11-12)22-19(25)15-7-9-17(24)23(2)18(15)13-4-3-5-14(20)10-13/h3-6,8,10-11,15,18H,7,9H2,1-2H3,(H,21,22,25)/t15-,18-/m0/s1. The zero-order valence-electron chi connectivity index (χ0n) is 14.2. The highest BCUT2D eigenvalue weighted by atomic mass is 19.1. The zero-order chi connectivity index (χ0) is 18.0. The number of nitrogens with zero attached hydrogens (tertiary/aromatic N) is 2. The number of halogens is 1. The largest absolute Gasteiger partial charge is 0.338 e. The lowest BCUT2D eigenvalue weighted by atomic mass is 9.84. The number of carbonyl (C=O) groups excluding carboxylic acids is 2. The van der Waals surface area contributed by atoms with Crippen LogP contribution in [0.25, 0.3) is 0 Å². The lowest BCUT2D eigenvalue weighted by molar-refractivity contribution is -0.140. The Morgan fingerprint density at radius 1 is 1.32 bits per heavy atom. The molecule has 130 valence electrons. The number of likely N-dealkylation sites (tertiary alicyclic amines) is 1. The van der Waals surface area contributed by atoms with E-state index in [-0.39, 0.29) is 17.6 Å². The maximum atomic E-state index is 13.6. The van der Waals surface area contributed by atoms with Gasteiger partial charge in [-0.1, -0.05) is 18.2 Å². The fourth-order valence-corrected chi connectivity index (χ4v) is 3.22. The molecule has 3 rings (SSSR count). The lowest BCUT2D eigenvalue weighted by Gasteiger charge is -2.38. The normalized spacial score (nSPS) is 20.4. The van der Waals surface area contributed by atoms with E-state index >= 15 is 0 Å². The Balaban J connectivity index is 1.87. The van der Waals surface area contributed by atoms with E-state index in [4.69, 9.17) is 0 Å². The quantitative estimate of drug-likeness (QED) is 0.933. The van der Waals surface area contributed by atoms with Crippen LogP contribution in [-0.4, -0.2) is 28.7 Å². The molecule has 2 amide bonds. The monoisotopic (exact) mass is 341 g/mol. The van der Waals surface area contributed by atoms with E-state index < -0.39 is 12.0 Å². The summed E-state index contributed by atoms with van der Waals surface area (Å²) in [4.78, 5) is 30.6. The molecule has 5 nitrogen and oxygen atoms in total. The summed E-state index contributed by atoms with van der Waals surface area (Å²) in [7, 11) is 1.65. The van der Waals surface area contributed by atoms with Crippen LogP contribution < -0.4 is 5.32 Å². The van der Waals surface area contributed by atoms with E-state index in [9.17, 15) is 14.0 Å². The molecule has 1 N–H and O–H groups in total. The molecule has 2 heterocycles. The molecule has 2 aromatic rings. The van der Waals surface area contributed by atoms with Crippen LogP contribution in [0.3, 0.4) is 0 Å². The number of hydrogen-bond donors (Lipinski definition) is 1. The van der Waals surface area contributed by atoms with E-state index in [1.165, 1.54) is 17.0 Å². The number of amides is 2. The average molecular weight is 341 g/mol. The van der Waals surface area contributed by atoms with Gasteiger partial charge >= 0.3 is 0 Å². The van der Waals surface area contributed by atoms with Gasteiger partial charge in [0.15, 0.2) is 0 Å². The Hall–Kier alpha value is -2.76. The number of pyridine rings is 1. The lowest BCUT2D eigenvalue weighted by Crippen LogP contribution is -2.44. The molecule has 1 aromatic heterocycles. The summed E-state index contributed by atoms with van der Waals surface area (Å²) < 4.78 is 13.6. The third-order valence-electron chi connectivity index (χ3n) is 4.55. The number of carbonyl (C=O) groups is 2. The van der Waals surface area contributed by atoms with Crippen molar-refractivity contribution in [1.82, 2.24) is 9.88 Å². The first-order valence-electron chi connectivity index (χ1n) is 8.20. The number of aryl methyl sites for hydroxylation is 1. The summed E-state index contributed by atoms with van der Waals surface area (Å²) in [5, 5.41) is 2.81. The first-order chi connectivity index (χ1) is 12.0. The molecule has 0 aliphatic carbocycles. The predicted molar refractivity (Wildman–Crippen MR) is 92.2 cm³/mol. The Bertz CT molecular complexity index is 792. The first kappa shape index (κ1) is 17.1. The van der Waals surface area contributed by atoms with Crippen LogP contribution in [-0.2, 0) is 9.59 Å². The van der Waals surface area contributed by atoms with Crippen LogP contribution in [0.5, 0.6) is 0 Å². The highest BCUT2D eigenvalue weighted by molar-refractivity contribution is 5.94. The van der Waals surface area contributed by atoms with Crippen molar-refractivity contribution in [3.8, 4) is 0 Å². The summed E-state index contributed by atoms with van der Waals surface area (Å²) >= 11 is 0. The van der Waals surface area contributed by atoms with Crippen LogP contribution in [0.2, 0.25) is 0 Å². The van der Waals surface area contributed by atoms with Gasteiger partial charge in [-0.3, -0.25) is 9.59 Å². The van der Waals surface area contributed by atoms with Crippen LogP contribution in [0, 0.1) is 18.7 Å². The van der Waals surface area contributed by atoms with E-state index in [0.717, 1.165) is 5.56 Å². The molecule has 1 saturated heterocycles. The maximum Gasteiger partial charge on any atom is 0.231 e. The highest BCUT2D eigenvalue weighted by Gasteiger charge is 2.39. The number of piperidine rings is 1. The first-order valence-corrected chi connectivity index (χ1v) is 8.20. The van der Waals surface area contributed by atoms with Crippen LogP contribution in [0.15, 0.2) is 42.6 Å². The second kappa shape index (κ2) is 7.01. The van der Waals surface area contributed by atoms with Crippen molar-refractivity contribution in [2.75, 3.05) is 12.4 Å². The summed E-state index contributed by atoms with van der Waals surface area (Å²) in [6.45, 7) is 1.92. The second-order valence-corrected chi connectivity index (χ2v) is 6.36. The van der Waals surface area contributed by atoms with Gasteiger partial charge in [0.25, 0.3) is 0 Å². The van der Waals surface area contributed by atoms with Crippen molar-refractivity contribution in [3.63, 3.8) is 0 Å². The van der Waals surface area contributed by atoms with Crippen molar-refractivity contribution in [2.45, 2.75) is 25.8 Å². The molecule has 1 aromatic carbocycles. The summed E-state index contributed by atoms with van der Waals surface area (Å²) in [5.74, 6) is -0.652. The van der Waals surface area contributed by atoms with Gasteiger partial charge in [0.2, 0.25) is 11.8 Å². The number of anilines is 1. The molecular formula is C19H20FN3O2. The fourth-order valence-electron chi connectivity index (χ4n) is 3.22. The third-order valence-corrected chi connectivity index (χ3v) is 4.55. The summed E-state index contributed by atoms with van der Waals surface area (Å²) in [5.41, 5.74) is 1.62. The minimum atomic E-state index is -0.498. The number of rotatable bonds is 3. The molecule has 0 unspecified atom stereocenters. The predicted octanol–water partition coefficient (Wildman–Crippen LogP) is 3.08. The Labute approximate surface area is 145 Å². The number of nitrogens with one attached hydrogen (secondary N) is 1. The van der Waals surface area contributed by atoms with Crippen molar-refractivity contribution in [3.05, 3.63) is 59.5 Å². The molecule has 6 heteroatoms. The van der Waals surface area contributed by atoms with Crippen molar-refractivity contribution >= 4 is 17.6 Å². The van der Waals surface area contributed by atoms with Crippen molar-refractivity contribution < 1.29 is 14.0 Å². The Morgan fingerprint density at radius 3 is 2.80 bits per heavy atom. The average Bonchev–Trinajstić information content (AvgIpc) is 2.59. The van der Waals surface area contributed by atoms with Gasteiger partial charge in [-0.15, -0.1) is 0 Å². The Morgan fingerprint density at radius 2 is 2.12 bits per heavy atom. The number of hydrogen-bond acceptors (Lipinski definition) is 3. The van der Waals surface area contributed by atoms with Crippen LogP contribution in [0.4, 0.5) is 10.2 Å². The van der Waals surface area contributed by atoms with Crippen molar-refractivity contribution in [1.29, 1.82) is 0 Å².